The topological polar surface area (TPSA) is 20.5 Å². The lowest BCUT2D eigenvalue weighted by Crippen LogP contribution is -2.72. The van der Waals surface area contributed by atoms with Gasteiger partial charge < -0.3 is 9.80 Å². The van der Waals surface area contributed by atoms with Gasteiger partial charge in [0, 0.05) is 46.5 Å². The Bertz CT molecular complexity index is 1200. The molecule has 0 heterocycles. The predicted octanol–water partition coefficient (Wildman–Crippen LogP) is 6.35. The number of allylic oxidation sites excluding steroid dienone is 3. The van der Waals surface area contributed by atoms with Crippen LogP contribution in [0.1, 0.15) is 59.7 Å². The molecule has 0 saturated carbocycles. The summed E-state index contributed by atoms with van der Waals surface area (Å²) in [7, 11) is 0. The lowest BCUT2D eigenvalue weighted by atomic mass is 9.83. The fraction of sp³-hybridized carbons (Fsp3) is 0.303. The quantitative estimate of drug-likeness (QED) is 0.335. The largest absolute Gasteiger partial charge is 0.372 e. The molecule has 1 unspecified atom stereocenters. The molecule has 4 heteroatoms. The molecule has 1 aliphatic rings. The van der Waals surface area contributed by atoms with Gasteiger partial charge in [-0.05, 0) is 98.9 Å². The summed E-state index contributed by atoms with van der Waals surface area (Å²) < 4.78 is 0. The number of anilines is 2. The Morgan fingerprint density at radius 2 is 1.08 bits per heavy atom. The maximum atomic E-state index is 3.54. The Kier molecular flexibility index (Phi) is 10.3. The van der Waals surface area contributed by atoms with Crippen LogP contribution in [-0.4, -0.2) is 38.4 Å². The van der Waals surface area contributed by atoms with Gasteiger partial charge in [0.15, 0.2) is 0 Å². The highest BCUT2D eigenvalue weighted by molar-refractivity contribution is 6.92. The third kappa shape index (κ3) is 6.05. The second kappa shape index (κ2) is 13.4. The third-order valence-electron chi connectivity index (χ3n) is 7.13. The van der Waals surface area contributed by atoms with Crippen LogP contribution in [0.25, 0.3) is 11.1 Å². The lowest BCUT2D eigenvalue weighted by molar-refractivity contribution is -0.450. The Morgan fingerprint density at radius 3 is 1.51 bits per heavy atom. The van der Waals surface area contributed by atoms with E-state index in [2.05, 4.69) is 134 Å². The number of fused-ring (bicyclic) bond motifs is 1. The Balaban J connectivity index is 0.00000253. The number of benzene rings is 3. The van der Waals surface area contributed by atoms with E-state index in [0.717, 1.165) is 32.7 Å². The van der Waals surface area contributed by atoms with Crippen LogP contribution in [-0.2, 0) is 0 Å². The molecule has 3 nitrogen and oxygen atoms in total. The van der Waals surface area contributed by atoms with Gasteiger partial charge in [-0.15, -0.1) is 0 Å². The van der Waals surface area contributed by atoms with Crippen LogP contribution in [0.15, 0.2) is 84.9 Å². The molecule has 0 aliphatic heterocycles. The van der Waals surface area contributed by atoms with Crippen LogP contribution < -0.4 is 14.8 Å². The summed E-state index contributed by atoms with van der Waals surface area (Å²) in [6.45, 7) is 15.9. The monoisotopic (exact) mass is 516 g/mol. The maximum absolute atomic E-state index is 3.54. The molecule has 0 saturated heterocycles. The Hall–Kier alpha value is -3.16. The predicted molar refractivity (Wildman–Crippen MR) is 172 cm³/mol. The van der Waals surface area contributed by atoms with Crippen LogP contribution >= 0.6 is 9.90 Å². The van der Waals surface area contributed by atoms with Crippen molar-refractivity contribution in [3.8, 4) is 0 Å². The summed E-state index contributed by atoms with van der Waals surface area (Å²) in [5, 5.41) is 0. The molecule has 0 fully saturated rings. The molecule has 3 aromatic rings. The van der Waals surface area contributed by atoms with Gasteiger partial charge in [0.2, 0.25) is 5.71 Å². The first-order chi connectivity index (χ1) is 17.6. The number of nitrogens with one attached hydrogen (secondary N) is 1. The van der Waals surface area contributed by atoms with Gasteiger partial charge in [0.1, 0.15) is 6.54 Å². The summed E-state index contributed by atoms with van der Waals surface area (Å²) in [6, 6.07) is 27.0. The van der Waals surface area contributed by atoms with Gasteiger partial charge in [-0.2, -0.15) is 9.90 Å². The van der Waals surface area contributed by atoms with Crippen molar-refractivity contribution in [2.24, 2.45) is 0 Å². The molecule has 198 valence electrons. The van der Waals surface area contributed by atoms with Crippen molar-refractivity contribution >= 4 is 38.1 Å². The number of nitrogens with zero attached hydrogens (tertiary/aromatic N) is 2. The zero-order valence-corrected chi connectivity index (χ0v) is 24.6. The highest BCUT2D eigenvalue weighted by Gasteiger charge is 2.22. The zero-order chi connectivity index (χ0) is 25.5. The second-order valence-electron chi connectivity index (χ2n) is 9.05. The average Bonchev–Trinajstić information content (AvgIpc) is 2.93. The van der Waals surface area contributed by atoms with Crippen molar-refractivity contribution in [3.63, 3.8) is 0 Å². The van der Waals surface area contributed by atoms with Crippen molar-refractivity contribution in [1.29, 1.82) is 0 Å². The molecule has 0 aromatic heterocycles. The minimum Gasteiger partial charge on any atom is -0.372 e. The van der Waals surface area contributed by atoms with Gasteiger partial charge in [0.25, 0.3) is 0 Å². The second-order valence-corrected chi connectivity index (χ2v) is 9.05. The lowest BCUT2D eigenvalue weighted by Gasteiger charge is -2.24. The third-order valence-corrected chi connectivity index (χ3v) is 7.13. The van der Waals surface area contributed by atoms with E-state index < -0.39 is 0 Å². The molecule has 4 rings (SSSR count). The van der Waals surface area contributed by atoms with E-state index in [1.165, 1.54) is 50.5 Å². The smallest absolute Gasteiger partial charge is 0.206 e. The van der Waals surface area contributed by atoms with E-state index in [4.69, 9.17) is 0 Å². The minimum absolute atomic E-state index is 0. The molecule has 1 N–H and O–H groups in total. The van der Waals surface area contributed by atoms with Gasteiger partial charge in [-0.3, -0.25) is 0 Å². The summed E-state index contributed by atoms with van der Waals surface area (Å²) in [6.07, 6.45) is 4.52. The molecule has 3 aromatic carbocycles. The fourth-order valence-electron chi connectivity index (χ4n) is 5.19. The van der Waals surface area contributed by atoms with Crippen molar-refractivity contribution in [2.45, 2.75) is 34.6 Å². The van der Waals surface area contributed by atoms with Crippen molar-refractivity contribution < 1.29 is 7.85 Å². The first-order valence-corrected chi connectivity index (χ1v) is 13.5. The van der Waals surface area contributed by atoms with Crippen LogP contribution in [0.5, 0.6) is 0 Å². The molecule has 0 amide bonds. The van der Waals surface area contributed by atoms with Crippen molar-refractivity contribution in [2.75, 3.05) is 42.5 Å². The van der Waals surface area contributed by atoms with Gasteiger partial charge in [-0.1, -0.05) is 42.5 Å². The summed E-state index contributed by atoms with van der Waals surface area (Å²) in [5.74, 6) is 0. The average molecular weight is 517 g/mol. The van der Waals surface area contributed by atoms with Gasteiger partial charge >= 0.3 is 0 Å². The van der Waals surface area contributed by atoms with Gasteiger partial charge in [-0.25, -0.2) is 4.99 Å². The molecule has 0 spiro atoms. The molecule has 37 heavy (non-hydrogen) atoms. The fourth-order valence-corrected chi connectivity index (χ4v) is 5.19. The summed E-state index contributed by atoms with van der Waals surface area (Å²) in [5.41, 5.74) is 11.3. The van der Waals surface area contributed by atoms with Crippen molar-refractivity contribution in [1.82, 2.24) is 0 Å². The number of hydrogen-bond donors (Lipinski definition) is 1. The standard InChI is InChI=1S/C33H39N3.H3P.2H2/c1-6-34-32-24-23-31(29-13-11-12-14-30(29)32)33(25-15-19-27(20-16-25)35(7-2)8-3)26-17-21-28(22-18-26)36(9-4)10-5;;;/h11-24H,6-10H2,1-5H3;1H3;2*1H/p+1. The summed E-state index contributed by atoms with van der Waals surface area (Å²) >= 11 is 0. The molecular formula is C33H47N3P+. The molecule has 1 aliphatic carbocycles. The first-order valence-electron chi connectivity index (χ1n) is 13.5. The van der Waals surface area contributed by atoms with E-state index in [-0.39, 0.29) is 12.8 Å². The van der Waals surface area contributed by atoms with Crippen LogP contribution in [0.3, 0.4) is 0 Å². The van der Waals surface area contributed by atoms with E-state index in [1.807, 2.05) is 0 Å². The highest BCUT2D eigenvalue weighted by Crippen LogP contribution is 2.37. The summed E-state index contributed by atoms with van der Waals surface area (Å²) in [4.78, 5) is 8.33. The molecule has 1 atom stereocenters. The molecule has 0 radical (unpaired) electrons. The SMILES string of the molecule is CC[NH+]=C1C=CC(=C(c2ccc(N(CC)CC)cc2)c2ccc(N(CC)CC)cc2)c2ccccc21.P.[HH].[HH]. The first kappa shape index (κ1) is 28.4. The van der Waals surface area contributed by atoms with E-state index in [1.54, 1.807) is 0 Å². The Labute approximate surface area is 230 Å². The number of hydrogen-bond acceptors (Lipinski definition) is 2. The van der Waals surface area contributed by atoms with Gasteiger partial charge in [0.05, 0.1) is 5.56 Å². The minimum atomic E-state index is 0. The highest BCUT2D eigenvalue weighted by atomic mass is 31.0. The Morgan fingerprint density at radius 1 is 0.622 bits per heavy atom. The number of rotatable bonds is 9. The van der Waals surface area contributed by atoms with Crippen LogP contribution in [0.2, 0.25) is 0 Å². The normalized spacial score (nSPS) is 13.2. The molecule has 0 bridgehead atoms. The van der Waals surface area contributed by atoms with E-state index in [0.29, 0.717) is 0 Å². The van der Waals surface area contributed by atoms with Crippen LogP contribution in [0.4, 0.5) is 11.4 Å². The van der Waals surface area contributed by atoms with E-state index >= 15 is 0 Å². The molecular weight excluding hydrogens is 469 g/mol. The zero-order valence-electron chi connectivity index (χ0n) is 23.2. The van der Waals surface area contributed by atoms with Crippen LogP contribution in [0, 0.1) is 0 Å². The van der Waals surface area contributed by atoms with E-state index in [9.17, 15) is 0 Å². The van der Waals surface area contributed by atoms with Crippen molar-refractivity contribution in [3.05, 3.63) is 107 Å². The maximum Gasteiger partial charge on any atom is 0.206 e.